The highest BCUT2D eigenvalue weighted by Gasteiger charge is 2.13. The van der Waals surface area contributed by atoms with E-state index in [2.05, 4.69) is 23.9 Å². The first kappa shape index (κ1) is 21.9. The lowest BCUT2D eigenvalue weighted by molar-refractivity contribution is 0.102. The summed E-state index contributed by atoms with van der Waals surface area (Å²) < 4.78 is 32.3. The van der Waals surface area contributed by atoms with Crippen molar-refractivity contribution in [1.82, 2.24) is 4.72 Å². The molecule has 1 amide bonds. The standard InChI is InChI=1S/C21H28N2O4S/c1-4-14-22-28(25,26)20-11-7-18(8-12-20)23-21(24)17-5-9-19(10-6-17)27-15-13-16(2)3/h5-12,16,22H,4,13-15H2,1-3H3,(H,23,24). The Morgan fingerprint density at radius 2 is 1.68 bits per heavy atom. The number of nitrogens with one attached hydrogen (secondary N) is 2. The number of anilines is 1. The lowest BCUT2D eigenvalue weighted by Crippen LogP contribution is -2.24. The normalized spacial score (nSPS) is 11.4. The summed E-state index contributed by atoms with van der Waals surface area (Å²) in [5.41, 5.74) is 1.02. The maximum absolute atomic E-state index is 12.4. The maximum Gasteiger partial charge on any atom is 0.255 e. The third-order valence-corrected chi connectivity index (χ3v) is 5.52. The van der Waals surface area contributed by atoms with E-state index in [1.807, 2.05) is 6.92 Å². The number of carbonyl (C=O) groups excluding carboxylic acids is 1. The van der Waals surface area contributed by atoms with Gasteiger partial charge in [0, 0.05) is 17.8 Å². The first-order chi connectivity index (χ1) is 13.3. The van der Waals surface area contributed by atoms with Crippen LogP contribution in [0.1, 0.15) is 44.0 Å². The van der Waals surface area contributed by atoms with E-state index in [0.29, 0.717) is 30.3 Å². The maximum atomic E-state index is 12.4. The monoisotopic (exact) mass is 404 g/mol. The molecule has 0 radical (unpaired) electrons. The van der Waals surface area contributed by atoms with Crippen molar-refractivity contribution in [2.24, 2.45) is 5.92 Å². The van der Waals surface area contributed by atoms with Gasteiger partial charge >= 0.3 is 0 Å². The molecule has 0 bridgehead atoms. The molecule has 2 aromatic rings. The highest BCUT2D eigenvalue weighted by Crippen LogP contribution is 2.17. The molecule has 0 fully saturated rings. The Kier molecular flexibility index (Phi) is 8.02. The van der Waals surface area contributed by atoms with Gasteiger partial charge in [-0.25, -0.2) is 13.1 Å². The number of sulfonamides is 1. The Hall–Kier alpha value is -2.38. The van der Waals surface area contributed by atoms with E-state index in [1.165, 1.54) is 12.1 Å². The minimum absolute atomic E-state index is 0.168. The molecule has 0 saturated carbocycles. The second-order valence-electron chi connectivity index (χ2n) is 6.93. The van der Waals surface area contributed by atoms with E-state index < -0.39 is 10.0 Å². The van der Waals surface area contributed by atoms with Crippen LogP contribution in [0.3, 0.4) is 0 Å². The number of benzene rings is 2. The first-order valence-electron chi connectivity index (χ1n) is 9.45. The summed E-state index contributed by atoms with van der Waals surface area (Å²) in [5.74, 6) is 1.04. The Morgan fingerprint density at radius 3 is 2.25 bits per heavy atom. The molecule has 2 N–H and O–H groups in total. The quantitative estimate of drug-likeness (QED) is 0.626. The smallest absolute Gasteiger partial charge is 0.255 e. The zero-order valence-electron chi connectivity index (χ0n) is 16.6. The molecule has 6 nitrogen and oxygen atoms in total. The van der Waals surface area contributed by atoms with E-state index in [0.717, 1.165) is 18.6 Å². The van der Waals surface area contributed by atoms with E-state index in [-0.39, 0.29) is 10.8 Å². The van der Waals surface area contributed by atoms with Gasteiger partial charge in [-0.3, -0.25) is 4.79 Å². The molecule has 0 heterocycles. The van der Waals surface area contributed by atoms with Gasteiger partial charge in [0.05, 0.1) is 11.5 Å². The Morgan fingerprint density at radius 1 is 1.04 bits per heavy atom. The van der Waals surface area contributed by atoms with Gasteiger partial charge in [0.2, 0.25) is 10.0 Å². The van der Waals surface area contributed by atoms with Crippen LogP contribution in [-0.4, -0.2) is 27.5 Å². The van der Waals surface area contributed by atoms with E-state index >= 15 is 0 Å². The molecule has 28 heavy (non-hydrogen) atoms. The van der Waals surface area contributed by atoms with Crippen LogP contribution in [0.4, 0.5) is 5.69 Å². The van der Waals surface area contributed by atoms with Crippen molar-refractivity contribution in [2.75, 3.05) is 18.5 Å². The number of ether oxygens (including phenoxy) is 1. The van der Waals surface area contributed by atoms with E-state index in [1.54, 1.807) is 36.4 Å². The molecule has 0 aromatic heterocycles. The van der Waals surface area contributed by atoms with Gasteiger partial charge in [0.1, 0.15) is 5.75 Å². The van der Waals surface area contributed by atoms with Crippen LogP contribution in [-0.2, 0) is 10.0 Å². The molecule has 0 spiro atoms. The predicted molar refractivity (Wildman–Crippen MR) is 111 cm³/mol. The van der Waals surface area contributed by atoms with Gasteiger partial charge in [-0.05, 0) is 67.3 Å². The van der Waals surface area contributed by atoms with Crippen LogP contribution in [0, 0.1) is 5.92 Å². The van der Waals surface area contributed by atoms with Gasteiger partial charge in [-0.2, -0.15) is 0 Å². The molecular weight excluding hydrogens is 376 g/mol. The number of amides is 1. The lowest BCUT2D eigenvalue weighted by Gasteiger charge is -2.10. The molecule has 0 aliphatic carbocycles. The van der Waals surface area contributed by atoms with Crippen LogP contribution >= 0.6 is 0 Å². The Labute approximate surface area is 167 Å². The van der Waals surface area contributed by atoms with Crippen molar-refractivity contribution in [2.45, 2.75) is 38.5 Å². The third kappa shape index (κ3) is 6.65. The van der Waals surface area contributed by atoms with E-state index in [9.17, 15) is 13.2 Å². The SMILES string of the molecule is CCCNS(=O)(=O)c1ccc(NC(=O)c2ccc(OCCC(C)C)cc2)cc1. The molecular formula is C21H28N2O4S. The minimum Gasteiger partial charge on any atom is -0.494 e. The molecule has 0 unspecified atom stereocenters. The highest BCUT2D eigenvalue weighted by atomic mass is 32.2. The molecule has 0 aliphatic rings. The van der Waals surface area contributed by atoms with Gasteiger partial charge in [0.25, 0.3) is 5.91 Å². The largest absolute Gasteiger partial charge is 0.494 e. The van der Waals surface area contributed by atoms with Crippen molar-refractivity contribution in [3.63, 3.8) is 0 Å². The van der Waals surface area contributed by atoms with Crippen LogP contribution in [0.5, 0.6) is 5.75 Å². The summed E-state index contributed by atoms with van der Waals surface area (Å²) in [5, 5.41) is 2.76. The number of rotatable bonds is 10. The number of hydrogen-bond acceptors (Lipinski definition) is 4. The molecule has 2 rings (SSSR count). The second-order valence-corrected chi connectivity index (χ2v) is 8.70. The van der Waals surface area contributed by atoms with Gasteiger partial charge < -0.3 is 10.1 Å². The number of hydrogen-bond donors (Lipinski definition) is 2. The molecule has 2 aromatic carbocycles. The molecule has 0 aliphatic heterocycles. The van der Waals surface area contributed by atoms with Gasteiger partial charge in [-0.1, -0.05) is 20.8 Å². The summed E-state index contributed by atoms with van der Waals surface area (Å²) >= 11 is 0. The highest BCUT2D eigenvalue weighted by molar-refractivity contribution is 7.89. The minimum atomic E-state index is -3.51. The summed E-state index contributed by atoms with van der Waals surface area (Å²) in [4.78, 5) is 12.5. The van der Waals surface area contributed by atoms with Crippen molar-refractivity contribution >= 4 is 21.6 Å². The third-order valence-electron chi connectivity index (χ3n) is 4.05. The van der Waals surface area contributed by atoms with Crippen molar-refractivity contribution in [1.29, 1.82) is 0 Å². The van der Waals surface area contributed by atoms with Crippen LogP contribution in [0.25, 0.3) is 0 Å². The zero-order valence-corrected chi connectivity index (χ0v) is 17.4. The Bertz CT molecular complexity index is 860. The predicted octanol–water partition coefficient (Wildman–Crippen LogP) is 4.05. The molecule has 152 valence electrons. The number of carbonyl (C=O) groups is 1. The second kappa shape index (κ2) is 10.2. The fourth-order valence-electron chi connectivity index (χ4n) is 2.36. The molecule has 0 atom stereocenters. The topological polar surface area (TPSA) is 84.5 Å². The zero-order chi connectivity index (χ0) is 20.6. The summed E-state index contributed by atoms with van der Waals surface area (Å²) in [7, 11) is -3.51. The molecule has 7 heteroatoms. The van der Waals surface area contributed by atoms with E-state index in [4.69, 9.17) is 4.74 Å². The van der Waals surface area contributed by atoms with Crippen molar-refractivity contribution < 1.29 is 17.9 Å². The fourth-order valence-corrected chi connectivity index (χ4v) is 3.49. The average molecular weight is 405 g/mol. The summed E-state index contributed by atoms with van der Waals surface area (Å²) in [6, 6.07) is 13.0. The van der Waals surface area contributed by atoms with Crippen LogP contribution in [0.15, 0.2) is 53.4 Å². The fraction of sp³-hybridized carbons (Fsp3) is 0.381. The van der Waals surface area contributed by atoms with Crippen molar-refractivity contribution in [3.8, 4) is 5.75 Å². The van der Waals surface area contributed by atoms with Crippen LogP contribution in [0.2, 0.25) is 0 Å². The van der Waals surface area contributed by atoms with Gasteiger partial charge in [0.15, 0.2) is 0 Å². The van der Waals surface area contributed by atoms with Gasteiger partial charge in [-0.15, -0.1) is 0 Å². The summed E-state index contributed by atoms with van der Waals surface area (Å²) in [6.07, 6.45) is 1.69. The first-order valence-corrected chi connectivity index (χ1v) is 10.9. The average Bonchev–Trinajstić information content (AvgIpc) is 2.67. The molecule has 0 saturated heterocycles. The Balaban J connectivity index is 1.95. The lowest BCUT2D eigenvalue weighted by atomic mass is 10.1. The van der Waals surface area contributed by atoms with Crippen molar-refractivity contribution in [3.05, 3.63) is 54.1 Å². The van der Waals surface area contributed by atoms with Crippen LogP contribution < -0.4 is 14.8 Å². The summed E-state index contributed by atoms with van der Waals surface area (Å²) in [6.45, 7) is 7.20.